The number of nitrogens with two attached hydrogens (primary N) is 1. The van der Waals surface area contributed by atoms with Crippen LogP contribution in [0.3, 0.4) is 0 Å². The largest absolute Gasteiger partial charge is 0.381 e. The summed E-state index contributed by atoms with van der Waals surface area (Å²) in [6.07, 6.45) is 18.6. The molecule has 0 spiro atoms. The molecule has 1 atom stereocenters. The van der Waals surface area contributed by atoms with Gasteiger partial charge in [0.1, 0.15) is 0 Å². The first-order valence-electron chi connectivity index (χ1n) is 9.13. The summed E-state index contributed by atoms with van der Waals surface area (Å²) < 4.78 is 5.51. The Kier molecular flexibility index (Phi) is 10.4. The van der Waals surface area contributed by atoms with Crippen LogP contribution in [0.25, 0.3) is 0 Å². The van der Waals surface area contributed by atoms with Gasteiger partial charge < -0.3 is 10.5 Å². The van der Waals surface area contributed by atoms with E-state index < -0.39 is 0 Å². The lowest BCUT2D eigenvalue weighted by Crippen LogP contribution is -2.39. The standard InChI is InChI=1S/C18H37NO/c1-2-3-4-5-6-7-8-9-10-11-13-18(19)14-12-16-20-17-15-18/h2-17,19H2,1H3. The highest BCUT2D eigenvalue weighted by Gasteiger charge is 2.25. The number of hydrogen-bond acceptors (Lipinski definition) is 2. The fraction of sp³-hybridized carbons (Fsp3) is 1.00. The monoisotopic (exact) mass is 283 g/mol. The van der Waals surface area contributed by atoms with Gasteiger partial charge in [0.25, 0.3) is 0 Å². The molecule has 2 N–H and O–H groups in total. The predicted octanol–water partition coefficient (Wildman–Crippen LogP) is 5.20. The number of unbranched alkanes of at least 4 members (excludes halogenated alkanes) is 9. The highest BCUT2D eigenvalue weighted by atomic mass is 16.5. The van der Waals surface area contributed by atoms with Gasteiger partial charge in [-0.25, -0.2) is 0 Å². The Bertz CT molecular complexity index is 209. The molecule has 2 heteroatoms. The lowest BCUT2D eigenvalue weighted by Gasteiger charge is -2.27. The van der Waals surface area contributed by atoms with Crippen molar-refractivity contribution < 1.29 is 4.74 Å². The van der Waals surface area contributed by atoms with Gasteiger partial charge in [-0.2, -0.15) is 0 Å². The molecule has 1 unspecified atom stereocenters. The Morgan fingerprint density at radius 1 is 0.800 bits per heavy atom. The van der Waals surface area contributed by atoms with Gasteiger partial charge in [-0.15, -0.1) is 0 Å². The highest BCUT2D eigenvalue weighted by molar-refractivity contribution is 4.85. The zero-order chi connectivity index (χ0) is 14.5. The van der Waals surface area contributed by atoms with Crippen LogP contribution in [0, 0.1) is 0 Å². The van der Waals surface area contributed by atoms with Crippen LogP contribution in [-0.4, -0.2) is 18.8 Å². The maximum atomic E-state index is 6.49. The van der Waals surface area contributed by atoms with Gasteiger partial charge >= 0.3 is 0 Å². The second-order valence-electron chi connectivity index (χ2n) is 6.76. The number of ether oxygens (including phenoxy) is 1. The van der Waals surface area contributed by atoms with Gasteiger partial charge in [0, 0.05) is 18.8 Å². The summed E-state index contributed by atoms with van der Waals surface area (Å²) in [4.78, 5) is 0. The minimum absolute atomic E-state index is 0.0800. The topological polar surface area (TPSA) is 35.2 Å². The molecular formula is C18H37NO. The Labute approximate surface area is 126 Å². The van der Waals surface area contributed by atoms with E-state index in [1.807, 2.05) is 0 Å². The molecule has 1 aliphatic rings. The molecule has 1 saturated heterocycles. The molecule has 120 valence electrons. The third kappa shape index (κ3) is 8.97. The van der Waals surface area contributed by atoms with Gasteiger partial charge in [0.05, 0.1) is 0 Å². The summed E-state index contributed by atoms with van der Waals surface area (Å²) in [5.41, 5.74) is 6.57. The minimum atomic E-state index is 0.0800. The molecule has 0 aliphatic carbocycles. The summed E-state index contributed by atoms with van der Waals surface area (Å²) >= 11 is 0. The van der Waals surface area contributed by atoms with E-state index in [1.54, 1.807) is 0 Å². The molecule has 0 bridgehead atoms. The second-order valence-corrected chi connectivity index (χ2v) is 6.76. The summed E-state index contributed by atoms with van der Waals surface area (Å²) in [5, 5.41) is 0. The number of hydrogen-bond donors (Lipinski definition) is 1. The molecular weight excluding hydrogens is 246 g/mol. The lowest BCUT2D eigenvalue weighted by molar-refractivity contribution is 0.138. The maximum absolute atomic E-state index is 6.49. The third-order valence-electron chi connectivity index (χ3n) is 4.74. The molecule has 0 aromatic carbocycles. The van der Waals surface area contributed by atoms with Gasteiger partial charge in [0.15, 0.2) is 0 Å². The van der Waals surface area contributed by atoms with Crippen molar-refractivity contribution in [1.82, 2.24) is 0 Å². The summed E-state index contributed by atoms with van der Waals surface area (Å²) in [7, 11) is 0. The van der Waals surface area contributed by atoms with Gasteiger partial charge in [-0.05, 0) is 25.7 Å². The van der Waals surface area contributed by atoms with Crippen molar-refractivity contribution >= 4 is 0 Å². The van der Waals surface area contributed by atoms with Gasteiger partial charge in [-0.1, -0.05) is 71.1 Å². The van der Waals surface area contributed by atoms with Crippen LogP contribution in [0.4, 0.5) is 0 Å². The lowest BCUT2D eigenvalue weighted by atomic mass is 9.86. The Hall–Kier alpha value is -0.0800. The van der Waals surface area contributed by atoms with Crippen molar-refractivity contribution in [2.75, 3.05) is 13.2 Å². The van der Waals surface area contributed by atoms with Gasteiger partial charge in [-0.3, -0.25) is 0 Å². The SMILES string of the molecule is CCCCCCCCCCCCC1(N)CCCOCC1. The first kappa shape index (κ1) is 18.0. The molecule has 0 saturated carbocycles. The molecule has 1 rings (SSSR count). The van der Waals surface area contributed by atoms with Gasteiger partial charge in [0.2, 0.25) is 0 Å². The first-order chi connectivity index (χ1) is 9.77. The fourth-order valence-electron chi connectivity index (χ4n) is 3.24. The molecule has 0 radical (unpaired) electrons. The average molecular weight is 284 g/mol. The summed E-state index contributed by atoms with van der Waals surface area (Å²) in [5.74, 6) is 0. The predicted molar refractivity (Wildman–Crippen MR) is 88.0 cm³/mol. The van der Waals surface area contributed by atoms with Crippen LogP contribution in [0.2, 0.25) is 0 Å². The van der Waals surface area contributed by atoms with E-state index in [1.165, 1.54) is 70.6 Å². The first-order valence-corrected chi connectivity index (χ1v) is 9.13. The zero-order valence-electron chi connectivity index (χ0n) is 13.8. The smallest absolute Gasteiger partial charge is 0.0483 e. The molecule has 1 fully saturated rings. The maximum Gasteiger partial charge on any atom is 0.0483 e. The van der Waals surface area contributed by atoms with Crippen LogP contribution >= 0.6 is 0 Å². The summed E-state index contributed by atoms with van der Waals surface area (Å²) in [6, 6.07) is 0. The van der Waals surface area contributed by atoms with Crippen molar-refractivity contribution in [2.45, 2.75) is 102 Å². The Morgan fingerprint density at radius 3 is 2.05 bits per heavy atom. The molecule has 1 heterocycles. The Balaban J connectivity index is 1.88. The van der Waals surface area contributed by atoms with E-state index in [9.17, 15) is 0 Å². The minimum Gasteiger partial charge on any atom is -0.381 e. The molecule has 0 amide bonds. The van der Waals surface area contributed by atoms with E-state index in [0.717, 1.165) is 32.5 Å². The molecule has 2 nitrogen and oxygen atoms in total. The quantitative estimate of drug-likeness (QED) is 0.529. The van der Waals surface area contributed by atoms with Crippen molar-refractivity contribution in [3.63, 3.8) is 0 Å². The number of rotatable bonds is 11. The molecule has 20 heavy (non-hydrogen) atoms. The third-order valence-corrected chi connectivity index (χ3v) is 4.74. The van der Waals surface area contributed by atoms with Crippen molar-refractivity contribution in [1.29, 1.82) is 0 Å². The van der Waals surface area contributed by atoms with E-state index >= 15 is 0 Å². The van der Waals surface area contributed by atoms with Crippen molar-refractivity contribution in [3.05, 3.63) is 0 Å². The van der Waals surface area contributed by atoms with Crippen LogP contribution in [0.5, 0.6) is 0 Å². The van der Waals surface area contributed by atoms with Crippen LogP contribution in [-0.2, 0) is 4.74 Å². The van der Waals surface area contributed by atoms with Crippen LogP contribution < -0.4 is 5.73 Å². The van der Waals surface area contributed by atoms with Crippen molar-refractivity contribution in [2.24, 2.45) is 5.73 Å². The highest BCUT2D eigenvalue weighted by Crippen LogP contribution is 2.25. The van der Waals surface area contributed by atoms with E-state index in [4.69, 9.17) is 10.5 Å². The Morgan fingerprint density at radius 2 is 1.40 bits per heavy atom. The average Bonchev–Trinajstić information content (AvgIpc) is 2.66. The van der Waals surface area contributed by atoms with Crippen LogP contribution in [0.1, 0.15) is 96.8 Å². The van der Waals surface area contributed by atoms with Crippen LogP contribution in [0.15, 0.2) is 0 Å². The molecule has 0 aromatic rings. The fourth-order valence-corrected chi connectivity index (χ4v) is 3.24. The molecule has 1 aliphatic heterocycles. The van der Waals surface area contributed by atoms with Crippen molar-refractivity contribution in [3.8, 4) is 0 Å². The second kappa shape index (κ2) is 11.6. The van der Waals surface area contributed by atoms with E-state index in [0.29, 0.717) is 0 Å². The van der Waals surface area contributed by atoms with E-state index in [2.05, 4.69) is 6.92 Å². The summed E-state index contributed by atoms with van der Waals surface area (Å²) in [6.45, 7) is 4.07. The zero-order valence-corrected chi connectivity index (χ0v) is 13.8. The normalized spacial score (nSPS) is 23.7. The van der Waals surface area contributed by atoms with E-state index in [-0.39, 0.29) is 5.54 Å². The molecule has 0 aromatic heterocycles.